The largest absolute Gasteiger partial charge is 0.477 e. The fraction of sp³-hybridized carbons (Fsp3) is 0.667. The minimum Gasteiger partial charge on any atom is -0.477 e. The molecule has 70 valence electrons. The van der Waals surface area contributed by atoms with Crippen molar-refractivity contribution in [3.63, 3.8) is 0 Å². The third kappa shape index (κ3) is 4.01. The Hall–Kier alpha value is -0.990. The molecular formula is C9H17NO2. The van der Waals surface area contributed by atoms with E-state index in [9.17, 15) is 4.79 Å². The molecule has 0 rings (SSSR count). The molecule has 0 saturated carbocycles. The first-order chi connectivity index (χ1) is 5.59. The summed E-state index contributed by atoms with van der Waals surface area (Å²) in [6, 6.07) is 0. The Kier molecular flexibility index (Phi) is 5.17. The van der Waals surface area contributed by atoms with E-state index in [2.05, 4.69) is 6.92 Å². The molecule has 0 bridgehead atoms. The van der Waals surface area contributed by atoms with E-state index in [1.807, 2.05) is 0 Å². The van der Waals surface area contributed by atoms with E-state index in [-0.39, 0.29) is 0 Å². The van der Waals surface area contributed by atoms with Gasteiger partial charge in [-0.15, -0.1) is 0 Å². The maximum Gasteiger partial charge on any atom is 0.351 e. The van der Waals surface area contributed by atoms with Gasteiger partial charge in [0.15, 0.2) is 0 Å². The average Bonchev–Trinajstić information content (AvgIpc) is 1.96. The van der Waals surface area contributed by atoms with Crippen molar-refractivity contribution in [1.82, 2.24) is 4.90 Å². The normalized spacial score (nSPS) is 11.4. The van der Waals surface area contributed by atoms with Gasteiger partial charge in [-0.1, -0.05) is 19.4 Å². The van der Waals surface area contributed by atoms with E-state index in [0.717, 1.165) is 19.3 Å². The molecule has 0 aliphatic rings. The molecule has 0 atom stereocenters. The minimum atomic E-state index is -0.851. The maximum absolute atomic E-state index is 10.6. The van der Waals surface area contributed by atoms with Gasteiger partial charge in [-0.05, 0) is 12.8 Å². The van der Waals surface area contributed by atoms with E-state index in [0.29, 0.717) is 5.70 Å². The fourth-order valence-electron chi connectivity index (χ4n) is 0.904. The minimum absolute atomic E-state index is 0.378. The number of nitrogens with zero attached hydrogens (tertiary/aromatic N) is 1. The predicted octanol–water partition coefficient (Wildman–Crippen LogP) is 1.71. The molecule has 0 heterocycles. The number of hydrogen-bond acceptors (Lipinski definition) is 2. The van der Waals surface area contributed by atoms with Crippen LogP contribution < -0.4 is 0 Å². The lowest BCUT2D eigenvalue weighted by atomic mass is 10.2. The molecule has 3 heteroatoms. The van der Waals surface area contributed by atoms with Gasteiger partial charge in [0.2, 0.25) is 0 Å². The molecule has 1 N–H and O–H groups in total. The lowest BCUT2D eigenvalue weighted by molar-refractivity contribution is -0.134. The van der Waals surface area contributed by atoms with Crippen molar-refractivity contribution in [3.05, 3.63) is 11.8 Å². The van der Waals surface area contributed by atoms with Crippen molar-refractivity contribution < 1.29 is 9.90 Å². The molecule has 3 nitrogen and oxygen atoms in total. The van der Waals surface area contributed by atoms with Gasteiger partial charge < -0.3 is 10.0 Å². The van der Waals surface area contributed by atoms with E-state index >= 15 is 0 Å². The highest BCUT2D eigenvalue weighted by Crippen LogP contribution is 2.03. The first kappa shape index (κ1) is 11.0. The van der Waals surface area contributed by atoms with Crippen molar-refractivity contribution in [2.45, 2.75) is 26.2 Å². The fourth-order valence-corrected chi connectivity index (χ4v) is 0.904. The molecule has 0 aromatic heterocycles. The number of aliphatic carboxylic acids is 1. The molecule has 0 fully saturated rings. The van der Waals surface area contributed by atoms with Crippen LogP contribution in [0.3, 0.4) is 0 Å². The molecule has 0 radical (unpaired) electrons. The number of likely N-dealkylation sites (N-methyl/N-ethyl adjacent to an activating group) is 1. The quantitative estimate of drug-likeness (QED) is 0.505. The van der Waals surface area contributed by atoms with Gasteiger partial charge in [0.05, 0.1) is 0 Å². The Morgan fingerprint density at radius 1 is 1.50 bits per heavy atom. The van der Waals surface area contributed by atoms with Crippen LogP contribution in [0.15, 0.2) is 11.8 Å². The zero-order chi connectivity index (χ0) is 9.56. The van der Waals surface area contributed by atoms with Crippen LogP contribution in [0.5, 0.6) is 0 Å². The molecule has 0 amide bonds. The van der Waals surface area contributed by atoms with Crippen molar-refractivity contribution in [2.24, 2.45) is 0 Å². The van der Waals surface area contributed by atoms with Crippen LogP contribution >= 0.6 is 0 Å². The summed E-state index contributed by atoms with van der Waals surface area (Å²) >= 11 is 0. The topological polar surface area (TPSA) is 40.5 Å². The van der Waals surface area contributed by atoms with Crippen molar-refractivity contribution in [2.75, 3.05) is 14.1 Å². The molecule has 0 saturated heterocycles. The van der Waals surface area contributed by atoms with Gasteiger partial charge in [0.1, 0.15) is 5.70 Å². The van der Waals surface area contributed by atoms with Crippen LogP contribution in [0, 0.1) is 0 Å². The molecule has 12 heavy (non-hydrogen) atoms. The van der Waals surface area contributed by atoms with Crippen molar-refractivity contribution >= 4 is 5.97 Å². The highest BCUT2D eigenvalue weighted by Gasteiger charge is 2.07. The summed E-state index contributed by atoms with van der Waals surface area (Å²) in [6.07, 6.45) is 4.75. The van der Waals surface area contributed by atoms with Crippen LogP contribution in [0.1, 0.15) is 26.2 Å². The first-order valence-electron chi connectivity index (χ1n) is 4.20. The summed E-state index contributed by atoms with van der Waals surface area (Å²) in [5.41, 5.74) is 0.378. The predicted molar refractivity (Wildman–Crippen MR) is 48.9 cm³/mol. The standard InChI is InChI=1S/C9H17NO2/c1-4-5-6-7-8(9(11)12)10(2)3/h7H,4-6H2,1-3H3,(H,11,12)/b8-7+. The Bertz CT molecular complexity index is 173. The van der Waals surface area contributed by atoms with E-state index in [1.165, 1.54) is 0 Å². The van der Waals surface area contributed by atoms with E-state index in [1.54, 1.807) is 25.1 Å². The second kappa shape index (κ2) is 5.63. The number of carboxylic acid groups (broad SMARTS) is 1. The number of carboxylic acids is 1. The van der Waals surface area contributed by atoms with Crippen LogP contribution in [0.25, 0.3) is 0 Å². The monoisotopic (exact) mass is 171 g/mol. The molecule has 0 spiro atoms. The smallest absolute Gasteiger partial charge is 0.351 e. The van der Waals surface area contributed by atoms with Crippen LogP contribution in [0.4, 0.5) is 0 Å². The average molecular weight is 171 g/mol. The third-order valence-corrected chi connectivity index (χ3v) is 1.60. The number of carbonyl (C=O) groups is 1. The van der Waals surface area contributed by atoms with Crippen LogP contribution in [-0.4, -0.2) is 30.1 Å². The number of unbranched alkanes of at least 4 members (excludes halogenated alkanes) is 2. The first-order valence-corrected chi connectivity index (χ1v) is 4.20. The van der Waals surface area contributed by atoms with Crippen molar-refractivity contribution in [3.8, 4) is 0 Å². The summed E-state index contributed by atoms with van der Waals surface area (Å²) < 4.78 is 0. The molecule has 0 unspecified atom stereocenters. The molecule has 0 aromatic carbocycles. The highest BCUT2D eigenvalue weighted by molar-refractivity contribution is 5.85. The molecular weight excluding hydrogens is 154 g/mol. The lowest BCUT2D eigenvalue weighted by Crippen LogP contribution is -2.18. The van der Waals surface area contributed by atoms with Gasteiger partial charge in [0, 0.05) is 14.1 Å². The zero-order valence-electron chi connectivity index (χ0n) is 8.00. The van der Waals surface area contributed by atoms with E-state index in [4.69, 9.17) is 5.11 Å². The zero-order valence-corrected chi connectivity index (χ0v) is 8.00. The molecule has 0 aliphatic heterocycles. The summed E-state index contributed by atoms with van der Waals surface area (Å²) in [4.78, 5) is 12.2. The van der Waals surface area contributed by atoms with Gasteiger partial charge in [-0.25, -0.2) is 4.79 Å². The lowest BCUT2D eigenvalue weighted by Gasteiger charge is -2.12. The second-order valence-corrected chi connectivity index (χ2v) is 2.93. The van der Waals surface area contributed by atoms with Crippen LogP contribution in [-0.2, 0) is 4.79 Å². The van der Waals surface area contributed by atoms with E-state index < -0.39 is 5.97 Å². The summed E-state index contributed by atoms with van der Waals surface area (Å²) in [7, 11) is 3.48. The Balaban J connectivity index is 4.10. The SMILES string of the molecule is CCCC/C=C(\C(=O)O)N(C)C. The van der Waals surface area contributed by atoms with Crippen LogP contribution in [0.2, 0.25) is 0 Å². The van der Waals surface area contributed by atoms with Crippen molar-refractivity contribution in [1.29, 1.82) is 0 Å². The number of hydrogen-bond donors (Lipinski definition) is 1. The van der Waals surface area contributed by atoms with Gasteiger partial charge in [-0.2, -0.15) is 0 Å². The number of allylic oxidation sites excluding steroid dienone is 1. The van der Waals surface area contributed by atoms with Gasteiger partial charge >= 0.3 is 5.97 Å². The highest BCUT2D eigenvalue weighted by atomic mass is 16.4. The Morgan fingerprint density at radius 2 is 2.08 bits per heavy atom. The Labute approximate surface area is 73.7 Å². The summed E-state index contributed by atoms with van der Waals surface area (Å²) in [5, 5.41) is 8.73. The summed E-state index contributed by atoms with van der Waals surface area (Å²) in [6.45, 7) is 2.09. The number of rotatable bonds is 5. The van der Waals surface area contributed by atoms with Gasteiger partial charge in [-0.3, -0.25) is 0 Å². The third-order valence-electron chi connectivity index (χ3n) is 1.60. The molecule has 0 aliphatic carbocycles. The maximum atomic E-state index is 10.6. The second-order valence-electron chi connectivity index (χ2n) is 2.93. The molecule has 0 aromatic rings. The Morgan fingerprint density at radius 3 is 2.42 bits per heavy atom. The summed E-state index contributed by atoms with van der Waals surface area (Å²) in [5.74, 6) is -0.851. The van der Waals surface area contributed by atoms with Gasteiger partial charge in [0.25, 0.3) is 0 Å².